The minimum Gasteiger partial charge on any atom is -0.377 e. The lowest BCUT2D eigenvalue weighted by atomic mass is 9.69. The maximum absolute atomic E-state index is 12.5. The van der Waals surface area contributed by atoms with Gasteiger partial charge in [-0.15, -0.1) is 0 Å². The number of carbonyl (C=O) groups is 1. The normalized spacial score (nSPS) is 38.8. The summed E-state index contributed by atoms with van der Waals surface area (Å²) in [6, 6.07) is -0.472. The van der Waals surface area contributed by atoms with Crippen LogP contribution in [0.3, 0.4) is 0 Å². The summed E-state index contributed by atoms with van der Waals surface area (Å²) in [4.78, 5) is 22.0. The van der Waals surface area contributed by atoms with Gasteiger partial charge in [0.25, 0.3) is 5.91 Å². The Hall–Kier alpha value is -1.22. The summed E-state index contributed by atoms with van der Waals surface area (Å²) in [6.07, 6.45) is 0.355. The Bertz CT molecular complexity index is 645. The van der Waals surface area contributed by atoms with Crippen LogP contribution in [0.4, 0.5) is 0 Å². The third-order valence-electron chi connectivity index (χ3n) is 6.24. The highest BCUT2D eigenvalue weighted by Crippen LogP contribution is 2.69. The van der Waals surface area contributed by atoms with E-state index in [1.54, 1.807) is 0 Å². The van der Waals surface area contributed by atoms with E-state index in [0.29, 0.717) is 12.3 Å². The minimum atomic E-state index is -3.84. The van der Waals surface area contributed by atoms with Crippen molar-refractivity contribution < 1.29 is 23.2 Å². The number of sulfonamides is 1. The molecule has 0 aromatic rings. The highest BCUT2D eigenvalue weighted by Gasteiger charge is 2.72. The van der Waals surface area contributed by atoms with Crippen molar-refractivity contribution in [1.29, 1.82) is 0 Å². The van der Waals surface area contributed by atoms with Gasteiger partial charge in [0.2, 0.25) is 16.6 Å². The third kappa shape index (κ3) is 1.78. The SMILES string of the molecule is CC1(C)C2CCC13CS(=O)(=O)N(C(=O)[C@H](O)C[N+](=O)[O-])[C@@H]3C2. The fourth-order valence-corrected chi connectivity index (χ4v) is 7.52. The Kier molecular flexibility index (Phi) is 3.14. The van der Waals surface area contributed by atoms with E-state index >= 15 is 0 Å². The van der Waals surface area contributed by atoms with Gasteiger partial charge in [0.05, 0.1) is 11.8 Å². The van der Waals surface area contributed by atoms with Crippen LogP contribution in [0.1, 0.15) is 33.1 Å². The van der Waals surface area contributed by atoms with Gasteiger partial charge in [0, 0.05) is 10.3 Å². The lowest BCUT2D eigenvalue weighted by molar-refractivity contribution is -0.487. The number of fused-ring (bicyclic) bond motifs is 1. The van der Waals surface area contributed by atoms with Gasteiger partial charge in [-0.3, -0.25) is 14.9 Å². The van der Waals surface area contributed by atoms with Crippen LogP contribution in [0.15, 0.2) is 0 Å². The molecule has 3 aliphatic rings. The zero-order chi connectivity index (χ0) is 16.5. The number of rotatable bonds is 3. The van der Waals surface area contributed by atoms with Crippen LogP contribution >= 0.6 is 0 Å². The highest BCUT2D eigenvalue weighted by molar-refractivity contribution is 7.90. The van der Waals surface area contributed by atoms with Crippen molar-refractivity contribution in [2.24, 2.45) is 16.7 Å². The van der Waals surface area contributed by atoms with Gasteiger partial charge in [-0.1, -0.05) is 13.8 Å². The quantitative estimate of drug-likeness (QED) is 0.574. The van der Waals surface area contributed by atoms with Crippen LogP contribution in [0.25, 0.3) is 0 Å². The van der Waals surface area contributed by atoms with Crippen molar-refractivity contribution >= 4 is 15.9 Å². The van der Waals surface area contributed by atoms with Gasteiger partial charge >= 0.3 is 0 Å². The van der Waals surface area contributed by atoms with Gasteiger partial charge in [-0.25, -0.2) is 12.7 Å². The summed E-state index contributed by atoms with van der Waals surface area (Å²) in [6.45, 7) is 3.11. The van der Waals surface area contributed by atoms with Crippen molar-refractivity contribution in [3.8, 4) is 0 Å². The molecule has 3 rings (SSSR count). The van der Waals surface area contributed by atoms with Gasteiger partial charge < -0.3 is 5.11 Å². The van der Waals surface area contributed by atoms with Crippen molar-refractivity contribution in [3.05, 3.63) is 10.1 Å². The first-order valence-corrected chi connectivity index (χ1v) is 9.00. The Morgan fingerprint density at radius 1 is 1.50 bits per heavy atom. The second kappa shape index (κ2) is 4.41. The maximum Gasteiger partial charge on any atom is 0.272 e. The predicted molar refractivity (Wildman–Crippen MR) is 75.8 cm³/mol. The van der Waals surface area contributed by atoms with Crippen LogP contribution in [-0.2, 0) is 14.8 Å². The molecule has 1 aliphatic heterocycles. The molecule has 3 fully saturated rings. The molecule has 0 aromatic heterocycles. The van der Waals surface area contributed by atoms with E-state index in [9.17, 15) is 28.4 Å². The van der Waals surface area contributed by atoms with E-state index in [0.717, 1.165) is 17.1 Å². The molecule has 22 heavy (non-hydrogen) atoms. The van der Waals surface area contributed by atoms with Crippen molar-refractivity contribution in [2.45, 2.75) is 45.3 Å². The second-order valence-electron chi connectivity index (χ2n) is 7.29. The van der Waals surface area contributed by atoms with Crippen LogP contribution in [0, 0.1) is 26.9 Å². The second-order valence-corrected chi connectivity index (χ2v) is 9.13. The molecule has 2 bridgehead atoms. The topological polar surface area (TPSA) is 118 Å². The number of amides is 1. The molecule has 0 aromatic carbocycles. The smallest absolute Gasteiger partial charge is 0.272 e. The number of hydrogen-bond donors (Lipinski definition) is 1. The van der Waals surface area contributed by atoms with Crippen LogP contribution in [0.5, 0.6) is 0 Å². The number of nitro groups is 1. The lowest BCUT2D eigenvalue weighted by Crippen LogP contribution is -2.49. The van der Waals surface area contributed by atoms with Gasteiger partial charge in [-0.2, -0.15) is 0 Å². The average molecular weight is 332 g/mol. The van der Waals surface area contributed by atoms with E-state index in [-0.39, 0.29) is 11.2 Å². The van der Waals surface area contributed by atoms with Gasteiger partial charge in [0.1, 0.15) is 0 Å². The number of aliphatic hydroxyl groups excluding tert-OH is 1. The summed E-state index contributed by atoms with van der Waals surface area (Å²) < 4.78 is 25.8. The van der Waals surface area contributed by atoms with E-state index in [2.05, 4.69) is 0 Å². The first-order valence-electron chi connectivity index (χ1n) is 7.39. The first-order chi connectivity index (χ1) is 10.0. The molecule has 2 saturated carbocycles. The summed E-state index contributed by atoms with van der Waals surface area (Å²) in [5, 5.41) is 20.2. The molecule has 4 atom stereocenters. The summed E-state index contributed by atoms with van der Waals surface area (Å²) in [5.41, 5.74) is -0.672. The molecule has 1 heterocycles. The average Bonchev–Trinajstić information content (AvgIpc) is 2.83. The molecule has 124 valence electrons. The Balaban J connectivity index is 1.97. The third-order valence-corrected chi connectivity index (χ3v) is 8.15. The Morgan fingerprint density at radius 2 is 2.14 bits per heavy atom. The van der Waals surface area contributed by atoms with E-state index < -0.39 is 45.0 Å². The van der Waals surface area contributed by atoms with Crippen LogP contribution < -0.4 is 0 Å². The summed E-state index contributed by atoms with van der Waals surface area (Å²) >= 11 is 0. The summed E-state index contributed by atoms with van der Waals surface area (Å²) in [5.74, 6) is -0.816. The zero-order valence-electron chi connectivity index (χ0n) is 12.6. The molecular formula is C13H20N2O6S. The van der Waals surface area contributed by atoms with Gasteiger partial charge in [0.15, 0.2) is 6.10 Å². The van der Waals surface area contributed by atoms with Crippen molar-refractivity contribution in [2.75, 3.05) is 12.3 Å². The minimum absolute atomic E-state index is 0.106. The van der Waals surface area contributed by atoms with Crippen LogP contribution in [0.2, 0.25) is 0 Å². The molecule has 1 saturated heterocycles. The molecule has 1 spiro atoms. The Labute approximate surface area is 128 Å². The number of carbonyl (C=O) groups excluding carboxylic acids is 1. The molecule has 0 radical (unpaired) electrons. The lowest BCUT2D eigenvalue weighted by Gasteiger charge is -2.37. The largest absolute Gasteiger partial charge is 0.377 e. The number of nitrogens with zero attached hydrogens (tertiary/aromatic N) is 2. The molecule has 1 amide bonds. The molecule has 9 heteroatoms. The van der Waals surface area contributed by atoms with E-state index in [1.807, 2.05) is 13.8 Å². The molecule has 8 nitrogen and oxygen atoms in total. The molecule has 2 aliphatic carbocycles. The first kappa shape index (κ1) is 15.7. The maximum atomic E-state index is 12.5. The number of hydrogen-bond acceptors (Lipinski definition) is 6. The van der Waals surface area contributed by atoms with Crippen molar-refractivity contribution in [3.63, 3.8) is 0 Å². The summed E-state index contributed by atoms with van der Waals surface area (Å²) in [7, 11) is -3.84. The Morgan fingerprint density at radius 3 is 2.68 bits per heavy atom. The fourth-order valence-electron chi connectivity index (χ4n) is 4.95. The van der Waals surface area contributed by atoms with Crippen LogP contribution in [-0.4, -0.2) is 53.1 Å². The molecular weight excluding hydrogens is 312 g/mol. The standard InChI is InChI=1S/C13H20N2O6S/c1-12(2)8-3-4-13(12)7-22(20,21)15(10(13)5-8)11(17)9(16)6-14(18)19/h8-10,16H,3-7H2,1-2H3/t8?,9-,10-,13?/m1/s1. The predicted octanol–water partition coefficient (Wildman–Crippen LogP) is -0.00910. The van der Waals surface area contributed by atoms with E-state index in [4.69, 9.17) is 0 Å². The molecule has 2 unspecified atom stereocenters. The fraction of sp³-hybridized carbons (Fsp3) is 0.923. The van der Waals surface area contributed by atoms with E-state index in [1.165, 1.54) is 0 Å². The number of aliphatic hydroxyl groups is 1. The molecule has 1 N–H and O–H groups in total. The zero-order valence-corrected chi connectivity index (χ0v) is 13.4. The van der Waals surface area contributed by atoms with Gasteiger partial charge in [-0.05, 0) is 30.6 Å². The highest BCUT2D eigenvalue weighted by atomic mass is 32.2. The monoisotopic (exact) mass is 332 g/mol. The van der Waals surface area contributed by atoms with Crippen molar-refractivity contribution in [1.82, 2.24) is 4.31 Å².